The molecular formula is C42H66N8O12S. The average Bonchev–Trinajstić information content (AvgIpc) is 3.88. The van der Waals surface area contributed by atoms with Crippen molar-refractivity contribution < 1.29 is 57.6 Å². The number of imide groups is 2. The van der Waals surface area contributed by atoms with Crippen LogP contribution in [0, 0.1) is 0 Å². The van der Waals surface area contributed by atoms with Gasteiger partial charge in [-0.05, 0) is 52.4 Å². The molecule has 0 aliphatic carbocycles. The van der Waals surface area contributed by atoms with Gasteiger partial charge in [0.1, 0.15) is 0 Å². The van der Waals surface area contributed by atoms with Gasteiger partial charge in [-0.15, -0.1) is 10.1 Å². The van der Waals surface area contributed by atoms with Crippen LogP contribution in [0.4, 0.5) is 4.79 Å². The van der Waals surface area contributed by atoms with Gasteiger partial charge in [0.05, 0.1) is 11.1 Å². The number of nitrogens with zero attached hydrogens (tertiary/aromatic N) is 3. The molecule has 20 nitrogen and oxygen atoms in total. The van der Waals surface area contributed by atoms with E-state index in [4.69, 9.17) is 9.68 Å². The molecule has 4 aliphatic heterocycles. The molecule has 0 bridgehead atoms. The van der Waals surface area contributed by atoms with Crippen LogP contribution in [0.3, 0.4) is 0 Å². The number of hydroxylamine groups is 4. The summed E-state index contributed by atoms with van der Waals surface area (Å²) in [6.07, 6.45) is 8.78. The fraction of sp³-hybridized carbons (Fsp3) is 0.762. The predicted molar refractivity (Wildman–Crippen MR) is 228 cm³/mol. The molecule has 5 N–H and O–H groups in total. The minimum Gasteiger partial charge on any atom is -0.355 e. The number of nitrogens with one attached hydrogen (secondary N) is 5. The van der Waals surface area contributed by atoms with Gasteiger partial charge in [-0.3, -0.25) is 38.5 Å². The second-order valence-corrected chi connectivity index (χ2v) is 18.2. The van der Waals surface area contributed by atoms with E-state index < -0.39 is 35.6 Å². The van der Waals surface area contributed by atoms with E-state index in [1.807, 2.05) is 11.8 Å². The van der Waals surface area contributed by atoms with Crippen LogP contribution in [0.25, 0.3) is 0 Å². The number of amides is 9. The summed E-state index contributed by atoms with van der Waals surface area (Å²) < 4.78 is 0. The van der Waals surface area contributed by atoms with Crippen LogP contribution in [0.1, 0.15) is 142 Å². The highest BCUT2D eigenvalue weighted by Crippen LogP contribution is 2.47. The average molecular weight is 907 g/mol. The molecule has 1 unspecified atom stereocenters. The topological polar surface area (TPSA) is 259 Å². The summed E-state index contributed by atoms with van der Waals surface area (Å²) in [5, 5.41) is 16.4. The largest absolute Gasteiger partial charge is 0.355 e. The second-order valence-electron chi connectivity index (χ2n) is 17.0. The Balaban J connectivity index is 1.08. The molecule has 0 aromatic carbocycles. The van der Waals surface area contributed by atoms with Crippen molar-refractivity contribution >= 4 is 71.1 Å². The summed E-state index contributed by atoms with van der Waals surface area (Å²) in [4.78, 5) is 132. The van der Waals surface area contributed by atoms with Crippen molar-refractivity contribution in [2.75, 3.05) is 45.0 Å². The van der Waals surface area contributed by atoms with Crippen molar-refractivity contribution in [3.63, 3.8) is 0 Å². The molecule has 0 spiro atoms. The van der Waals surface area contributed by atoms with E-state index in [0.29, 0.717) is 120 Å². The van der Waals surface area contributed by atoms with Crippen LogP contribution >= 0.6 is 11.8 Å². The smallest absolute Gasteiger partial charge is 0.333 e. The molecule has 4 heterocycles. The summed E-state index contributed by atoms with van der Waals surface area (Å²) in [6.45, 7) is 6.78. The number of thioether (sulfide) groups is 1. The fourth-order valence-corrected chi connectivity index (χ4v) is 9.81. The predicted octanol–water partition coefficient (Wildman–Crippen LogP) is 2.04. The summed E-state index contributed by atoms with van der Waals surface area (Å²) >= 11 is 1.85. The molecule has 0 saturated carbocycles. The number of unbranched alkanes of at least 4 members (excludes halogenated alkanes) is 7. The number of fused-ring (bicyclic) bond motifs is 1. The zero-order chi connectivity index (χ0) is 45.8. The maximum absolute atomic E-state index is 12.7. The maximum Gasteiger partial charge on any atom is 0.333 e. The first kappa shape index (κ1) is 50.9. The molecule has 3 atom stereocenters. The fourth-order valence-electron chi connectivity index (χ4n) is 7.92. The Morgan fingerprint density at radius 2 is 0.968 bits per heavy atom. The Labute approximate surface area is 373 Å². The lowest BCUT2D eigenvalue weighted by molar-refractivity contribution is -0.197. The van der Waals surface area contributed by atoms with Crippen molar-refractivity contribution in [1.82, 2.24) is 41.6 Å². The molecule has 4 rings (SSSR count). The van der Waals surface area contributed by atoms with Crippen molar-refractivity contribution in [2.45, 2.75) is 159 Å². The van der Waals surface area contributed by atoms with Gasteiger partial charge in [-0.1, -0.05) is 32.1 Å². The highest BCUT2D eigenvalue weighted by molar-refractivity contribution is 8.00. The van der Waals surface area contributed by atoms with E-state index in [2.05, 4.69) is 45.3 Å². The van der Waals surface area contributed by atoms with Crippen molar-refractivity contribution in [2.24, 2.45) is 0 Å². The lowest BCUT2D eigenvalue weighted by Crippen LogP contribution is -2.58. The van der Waals surface area contributed by atoms with Crippen LogP contribution in [-0.2, 0) is 52.8 Å². The Hall–Kier alpha value is -4.79. The minimum atomic E-state index is -0.639. The van der Waals surface area contributed by atoms with E-state index >= 15 is 0 Å². The number of carbonyl (C=O) groups excluding carboxylic acids is 10. The first-order valence-electron chi connectivity index (χ1n) is 22.5. The Kier molecular flexibility index (Phi) is 20.6. The molecule has 4 saturated heterocycles. The number of carbonyl (C=O) groups is 10. The molecular weight excluding hydrogens is 841 g/mol. The van der Waals surface area contributed by atoms with Gasteiger partial charge >= 0.3 is 18.0 Å². The normalized spacial score (nSPS) is 21.7. The summed E-state index contributed by atoms with van der Waals surface area (Å²) in [5.41, 5.74) is -0.621. The first-order valence-corrected chi connectivity index (χ1v) is 23.5. The van der Waals surface area contributed by atoms with Crippen LogP contribution in [0.2, 0.25) is 0 Å². The van der Waals surface area contributed by atoms with Crippen LogP contribution in [0.15, 0.2) is 0 Å². The summed E-state index contributed by atoms with van der Waals surface area (Å²) in [5.74, 6) is -2.79. The molecule has 63 heavy (non-hydrogen) atoms. The van der Waals surface area contributed by atoms with Crippen molar-refractivity contribution in [3.05, 3.63) is 0 Å². The van der Waals surface area contributed by atoms with Crippen LogP contribution in [-0.4, -0.2) is 136 Å². The molecule has 9 amide bonds. The van der Waals surface area contributed by atoms with Gasteiger partial charge in [0, 0.05) is 108 Å². The number of urea groups is 1. The number of hydrogen-bond donors (Lipinski definition) is 5. The zero-order valence-corrected chi connectivity index (χ0v) is 37.6. The van der Waals surface area contributed by atoms with Gasteiger partial charge < -0.3 is 36.3 Å². The van der Waals surface area contributed by atoms with Crippen molar-refractivity contribution in [3.8, 4) is 0 Å². The summed E-state index contributed by atoms with van der Waals surface area (Å²) in [7, 11) is 0. The third-order valence-corrected chi connectivity index (χ3v) is 13.8. The van der Waals surface area contributed by atoms with E-state index in [-0.39, 0.29) is 78.6 Å². The van der Waals surface area contributed by atoms with E-state index in [0.717, 1.165) is 25.0 Å². The van der Waals surface area contributed by atoms with Crippen molar-refractivity contribution in [1.29, 1.82) is 0 Å². The van der Waals surface area contributed by atoms with E-state index in [1.54, 1.807) is 0 Å². The highest BCUT2D eigenvalue weighted by Gasteiger charge is 2.60. The SMILES string of the molecule is C[C@@]12CSC(CCCCC(=O)NCCN(CCNC(=O)CCCCCCC(=O)ON3C(=O)CCC3=O)CCNC(=O)CCCCCCC(=O)ON3C(=O)CCC3=O)[C@]1(C)NC(=O)N2. The van der Waals surface area contributed by atoms with E-state index in [9.17, 15) is 47.9 Å². The minimum absolute atomic E-state index is 0.0396. The molecule has 0 aromatic rings. The Morgan fingerprint density at radius 3 is 1.38 bits per heavy atom. The third kappa shape index (κ3) is 16.4. The Morgan fingerprint density at radius 1 is 0.587 bits per heavy atom. The van der Waals surface area contributed by atoms with Crippen LogP contribution in [0.5, 0.6) is 0 Å². The van der Waals surface area contributed by atoms with Gasteiger partial charge in [0.25, 0.3) is 23.6 Å². The monoisotopic (exact) mass is 906 g/mol. The summed E-state index contributed by atoms with van der Waals surface area (Å²) in [6, 6.07) is -0.133. The quantitative estimate of drug-likeness (QED) is 0.0393. The first-order chi connectivity index (χ1) is 30.1. The van der Waals surface area contributed by atoms with Crippen LogP contribution < -0.4 is 26.6 Å². The molecule has 4 fully saturated rings. The van der Waals surface area contributed by atoms with Gasteiger partial charge in [-0.25, -0.2) is 14.4 Å². The number of hydrogen-bond acceptors (Lipinski definition) is 14. The second kappa shape index (κ2) is 25.5. The zero-order valence-electron chi connectivity index (χ0n) is 36.8. The van der Waals surface area contributed by atoms with E-state index in [1.165, 1.54) is 0 Å². The molecule has 4 aliphatic rings. The standard InChI is InChI=1S/C42H66N8O12S/c1-41-29-63-30(42(41,2)47-40(60)46-41)13-11-12-16-33(53)45-25-28-48(26-23-43-31(51)14-7-3-5-9-17-38(58)61-49-34(54)19-20-35(49)55)27-24-44-32(52)15-8-4-6-10-18-39(59)62-50-36(56)21-22-37(50)57/h30H,3-29H2,1-2H3,(H,43,51)(H,44,52)(H,45,53)(H2,46,47,60)/t30?,41-,42+/m1/s1. The van der Waals surface area contributed by atoms with Gasteiger partial charge in [-0.2, -0.15) is 11.8 Å². The van der Waals surface area contributed by atoms with Gasteiger partial charge in [0.2, 0.25) is 17.7 Å². The lowest BCUT2D eigenvalue weighted by Gasteiger charge is -2.35. The lowest BCUT2D eigenvalue weighted by atomic mass is 9.79. The molecule has 21 heteroatoms. The molecule has 0 aromatic heterocycles. The Bertz CT molecular complexity index is 1570. The third-order valence-electron chi connectivity index (χ3n) is 12.0. The number of rotatable bonds is 30. The molecule has 0 radical (unpaired) electrons. The molecule has 352 valence electrons. The van der Waals surface area contributed by atoms with Gasteiger partial charge in [0.15, 0.2) is 0 Å². The maximum atomic E-state index is 12.7. The highest BCUT2D eigenvalue weighted by atomic mass is 32.2.